The van der Waals surface area contributed by atoms with Crippen LogP contribution in [0.5, 0.6) is 5.75 Å². The number of unbranched alkanes of at least 4 members (excludes halogenated alkanes) is 1. The standard InChI is InChI=1S/C25H27N3O5/c1-2-3-14-33-18-11-8-16(9-12-18)23(29)20-13-10-17(22(20)25(31)32)15-28-24(30)19-6-4-5-7-21(19)26-27-28/h4-9,11-12,17,20,22H,2-3,10,13-15H2,1H3,(H,31,32). The molecule has 0 bridgehead atoms. The number of hydrogen-bond donors (Lipinski definition) is 1. The normalized spacial score (nSPS) is 20.1. The fourth-order valence-corrected chi connectivity index (χ4v) is 4.58. The number of carboxylic acid groups (broad SMARTS) is 1. The molecule has 4 rings (SSSR count). The third-order valence-electron chi connectivity index (χ3n) is 6.35. The number of carbonyl (C=O) groups excluding carboxylic acids is 1. The van der Waals surface area contributed by atoms with Gasteiger partial charge in [0.05, 0.1) is 24.5 Å². The highest BCUT2D eigenvalue weighted by atomic mass is 16.5. The summed E-state index contributed by atoms with van der Waals surface area (Å²) in [6, 6.07) is 13.8. The Bertz CT molecular complexity index is 1200. The van der Waals surface area contributed by atoms with Crippen LogP contribution in [0.25, 0.3) is 10.9 Å². The summed E-state index contributed by atoms with van der Waals surface area (Å²) in [4.78, 5) is 38.1. The molecule has 8 nitrogen and oxygen atoms in total. The van der Waals surface area contributed by atoms with Crippen LogP contribution in [0.3, 0.4) is 0 Å². The minimum Gasteiger partial charge on any atom is -0.494 e. The number of Topliss-reactive ketones (excluding diaryl/α,β-unsaturated/α-hetero) is 1. The summed E-state index contributed by atoms with van der Waals surface area (Å²) in [5, 5.41) is 18.4. The van der Waals surface area contributed by atoms with Crippen molar-refractivity contribution in [3.8, 4) is 5.75 Å². The zero-order valence-electron chi connectivity index (χ0n) is 18.5. The van der Waals surface area contributed by atoms with Gasteiger partial charge in [-0.25, -0.2) is 4.68 Å². The van der Waals surface area contributed by atoms with Crippen LogP contribution < -0.4 is 10.3 Å². The predicted octanol–water partition coefficient (Wildman–Crippen LogP) is 3.58. The molecule has 8 heteroatoms. The van der Waals surface area contributed by atoms with E-state index in [2.05, 4.69) is 17.2 Å². The Morgan fingerprint density at radius 2 is 1.88 bits per heavy atom. The van der Waals surface area contributed by atoms with Crippen molar-refractivity contribution in [2.24, 2.45) is 17.8 Å². The Kier molecular flexibility index (Phi) is 6.82. The first-order valence-corrected chi connectivity index (χ1v) is 11.3. The number of fused-ring (bicyclic) bond motifs is 1. The summed E-state index contributed by atoms with van der Waals surface area (Å²) in [7, 11) is 0. The van der Waals surface area contributed by atoms with Crippen molar-refractivity contribution in [2.75, 3.05) is 6.61 Å². The van der Waals surface area contributed by atoms with E-state index in [9.17, 15) is 19.5 Å². The molecule has 0 amide bonds. The van der Waals surface area contributed by atoms with E-state index in [-0.39, 0.29) is 23.8 Å². The van der Waals surface area contributed by atoms with E-state index < -0.39 is 17.8 Å². The van der Waals surface area contributed by atoms with E-state index in [1.54, 1.807) is 48.5 Å². The van der Waals surface area contributed by atoms with Gasteiger partial charge in [-0.05, 0) is 61.6 Å². The molecule has 1 aliphatic carbocycles. The van der Waals surface area contributed by atoms with Gasteiger partial charge in [0.1, 0.15) is 11.3 Å². The van der Waals surface area contributed by atoms with Crippen LogP contribution in [0.15, 0.2) is 53.3 Å². The van der Waals surface area contributed by atoms with Crippen LogP contribution in [0, 0.1) is 17.8 Å². The van der Waals surface area contributed by atoms with Crippen LogP contribution in [-0.2, 0) is 11.3 Å². The third-order valence-corrected chi connectivity index (χ3v) is 6.35. The quantitative estimate of drug-likeness (QED) is 0.392. The van der Waals surface area contributed by atoms with Gasteiger partial charge >= 0.3 is 5.97 Å². The second kappa shape index (κ2) is 9.94. The minimum absolute atomic E-state index is 0.113. The Hall–Kier alpha value is -3.55. The van der Waals surface area contributed by atoms with E-state index in [0.717, 1.165) is 12.8 Å². The lowest BCUT2D eigenvalue weighted by Crippen LogP contribution is -2.34. The van der Waals surface area contributed by atoms with E-state index in [1.807, 2.05) is 0 Å². The highest BCUT2D eigenvalue weighted by molar-refractivity contribution is 6.00. The maximum absolute atomic E-state index is 13.2. The fraction of sp³-hybridized carbons (Fsp3) is 0.400. The van der Waals surface area contributed by atoms with Crippen molar-refractivity contribution >= 4 is 22.7 Å². The molecule has 0 spiro atoms. The Balaban J connectivity index is 1.51. The van der Waals surface area contributed by atoms with Gasteiger partial charge in [-0.3, -0.25) is 14.4 Å². The van der Waals surface area contributed by atoms with E-state index in [0.29, 0.717) is 41.7 Å². The number of carbonyl (C=O) groups is 2. The number of nitrogens with zero attached hydrogens (tertiary/aromatic N) is 3. The summed E-state index contributed by atoms with van der Waals surface area (Å²) in [5.41, 5.74) is 0.658. The van der Waals surface area contributed by atoms with Crippen LogP contribution in [0.1, 0.15) is 43.0 Å². The summed E-state index contributed by atoms with van der Waals surface area (Å²) in [6.07, 6.45) is 2.96. The highest BCUT2D eigenvalue weighted by Crippen LogP contribution is 2.40. The molecule has 1 N–H and O–H groups in total. The predicted molar refractivity (Wildman–Crippen MR) is 122 cm³/mol. The third kappa shape index (κ3) is 4.79. The molecule has 3 unspecified atom stereocenters. The first-order chi connectivity index (χ1) is 16.0. The number of hydrogen-bond acceptors (Lipinski definition) is 6. The Morgan fingerprint density at radius 1 is 1.12 bits per heavy atom. The molecule has 3 atom stereocenters. The number of aromatic nitrogens is 3. The molecule has 0 aliphatic heterocycles. The zero-order chi connectivity index (χ0) is 23.4. The molecule has 0 radical (unpaired) electrons. The van der Waals surface area contributed by atoms with Crippen molar-refractivity contribution in [1.29, 1.82) is 0 Å². The van der Waals surface area contributed by atoms with Gasteiger partial charge in [-0.15, -0.1) is 5.10 Å². The SMILES string of the molecule is CCCCOc1ccc(C(=O)C2CCC(Cn3nnc4ccccc4c3=O)C2C(=O)O)cc1. The van der Waals surface area contributed by atoms with Crippen molar-refractivity contribution in [3.63, 3.8) is 0 Å². The molecule has 2 aromatic carbocycles. The fourth-order valence-electron chi connectivity index (χ4n) is 4.58. The number of ketones is 1. The van der Waals surface area contributed by atoms with E-state index in [4.69, 9.17) is 4.74 Å². The van der Waals surface area contributed by atoms with Gasteiger partial charge in [-0.1, -0.05) is 30.7 Å². The summed E-state index contributed by atoms with van der Waals surface area (Å²) in [6.45, 7) is 2.82. The molecule has 1 fully saturated rings. The van der Waals surface area contributed by atoms with Crippen molar-refractivity contribution < 1.29 is 19.4 Å². The second-order valence-corrected chi connectivity index (χ2v) is 8.49. The molecule has 1 aromatic heterocycles. The smallest absolute Gasteiger partial charge is 0.307 e. The number of aliphatic carboxylic acids is 1. The number of rotatable bonds is 9. The maximum Gasteiger partial charge on any atom is 0.307 e. The Labute approximate surface area is 191 Å². The van der Waals surface area contributed by atoms with Gasteiger partial charge in [0.2, 0.25) is 0 Å². The summed E-state index contributed by atoms with van der Waals surface area (Å²) < 4.78 is 6.86. The molecule has 1 heterocycles. The molecule has 172 valence electrons. The molecule has 1 aliphatic rings. The van der Waals surface area contributed by atoms with Gasteiger partial charge in [0.25, 0.3) is 5.56 Å². The van der Waals surface area contributed by atoms with E-state index >= 15 is 0 Å². The maximum atomic E-state index is 13.2. The number of carboxylic acids is 1. The van der Waals surface area contributed by atoms with Crippen molar-refractivity contribution in [1.82, 2.24) is 15.0 Å². The van der Waals surface area contributed by atoms with Gasteiger partial charge in [0, 0.05) is 11.5 Å². The number of benzene rings is 2. The number of ether oxygens (including phenoxy) is 1. The van der Waals surface area contributed by atoms with Crippen LogP contribution in [-0.4, -0.2) is 38.5 Å². The van der Waals surface area contributed by atoms with Crippen molar-refractivity contribution in [2.45, 2.75) is 39.2 Å². The molecule has 1 saturated carbocycles. The lowest BCUT2D eigenvalue weighted by Gasteiger charge is -2.20. The molecular weight excluding hydrogens is 422 g/mol. The topological polar surface area (TPSA) is 111 Å². The largest absolute Gasteiger partial charge is 0.494 e. The Morgan fingerprint density at radius 3 is 2.61 bits per heavy atom. The van der Waals surface area contributed by atoms with Crippen LogP contribution >= 0.6 is 0 Å². The zero-order valence-corrected chi connectivity index (χ0v) is 18.5. The summed E-state index contributed by atoms with van der Waals surface area (Å²) >= 11 is 0. The minimum atomic E-state index is -1.03. The first kappa shape index (κ1) is 22.6. The lowest BCUT2D eigenvalue weighted by atomic mass is 9.84. The molecule has 3 aromatic rings. The monoisotopic (exact) mass is 449 g/mol. The van der Waals surface area contributed by atoms with Gasteiger partial charge in [0.15, 0.2) is 5.78 Å². The first-order valence-electron chi connectivity index (χ1n) is 11.3. The van der Waals surface area contributed by atoms with Crippen LogP contribution in [0.2, 0.25) is 0 Å². The van der Waals surface area contributed by atoms with Gasteiger partial charge < -0.3 is 9.84 Å². The van der Waals surface area contributed by atoms with Crippen LogP contribution in [0.4, 0.5) is 0 Å². The molecular formula is C25H27N3O5. The van der Waals surface area contributed by atoms with Crippen molar-refractivity contribution in [3.05, 3.63) is 64.4 Å². The second-order valence-electron chi connectivity index (χ2n) is 8.49. The van der Waals surface area contributed by atoms with E-state index in [1.165, 1.54) is 4.68 Å². The molecule has 33 heavy (non-hydrogen) atoms. The summed E-state index contributed by atoms with van der Waals surface area (Å²) in [5.74, 6) is -2.46. The average Bonchev–Trinajstić information content (AvgIpc) is 3.25. The highest BCUT2D eigenvalue weighted by Gasteiger charge is 2.45. The average molecular weight is 450 g/mol. The lowest BCUT2D eigenvalue weighted by molar-refractivity contribution is -0.144. The molecule has 0 saturated heterocycles. The van der Waals surface area contributed by atoms with Gasteiger partial charge in [-0.2, -0.15) is 0 Å².